The van der Waals surface area contributed by atoms with E-state index in [-0.39, 0.29) is 5.92 Å². The number of benzene rings is 1. The molecule has 0 saturated heterocycles. The molecule has 1 unspecified atom stereocenters. The van der Waals surface area contributed by atoms with Gasteiger partial charge in [0.2, 0.25) is 0 Å². The van der Waals surface area contributed by atoms with Crippen LogP contribution in [-0.2, 0) is 0 Å². The van der Waals surface area contributed by atoms with Gasteiger partial charge in [-0.1, -0.05) is 36.4 Å². The fourth-order valence-electron chi connectivity index (χ4n) is 1.57. The zero-order valence-electron chi connectivity index (χ0n) is 8.22. The molecule has 1 heterocycles. The van der Waals surface area contributed by atoms with E-state index >= 15 is 0 Å². The SMILES string of the molecule is C=CC(c1ccccc1)c1c[nH]c(S)n1. The van der Waals surface area contributed by atoms with Crippen LogP contribution in [0.3, 0.4) is 0 Å². The zero-order valence-corrected chi connectivity index (χ0v) is 9.11. The first-order valence-electron chi connectivity index (χ1n) is 4.73. The summed E-state index contributed by atoms with van der Waals surface area (Å²) in [5, 5.41) is 0.632. The van der Waals surface area contributed by atoms with Gasteiger partial charge in [-0.3, -0.25) is 0 Å². The summed E-state index contributed by atoms with van der Waals surface area (Å²) in [5.74, 6) is 0.128. The van der Waals surface area contributed by atoms with E-state index in [0.29, 0.717) is 5.16 Å². The molecule has 0 aliphatic rings. The topological polar surface area (TPSA) is 28.7 Å². The molecule has 3 heteroatoms. The molecule has 1 aromatic heterocycles. The van der Waals surface area contributed by atoms with Gasteiger partial charge >= 0.3 is 0 Å². The van der Waals surface area contributed by atoms with Crippen molar-refractivity contribution in [2.24, 2.45) is 0 Å². The average molecular weight is 216 g/mol. The van der Waals surface area contributed by atoms with E-state index in [1.54, 1.807) is 0 Å². The third kappa shape index (κ3) is 2.13. The number of nitrogens with zero attached hydrogens (tertiary/aromatic N) is 1. The summed E-state index contributed by atoms with van der Waals surface area (Å²) in [7, 11) is 0. The fraction of sp³-hybridized carbons (Fsp3) is 0.0833. The maximum atomic E-state index is 4.30. The predicted octanol–water partition coefficient (Wildman–Crippen LogP) is 3.02. The Kier molecular flexibility index (Phi) is 2.92. The Bertz CT molecular complexity index is 448. The summed E-state index contributed by atoms with van der Waals surface area (Å²) in [5.41, 5.74) is 2.13. The van der Waals surface area contributed by atoms with Gasteiger partial charge in [-0.15, -0.1) is 19.2 Å². The molecule has 2 aromatic rings. The van der Waals surface area contributed by atoms with Crippen LogP contribution in [-0.4, -0.2) is 9.97 Å². The number of aromatic nitrogens is 2. The van der Waals surface area contributed by atoms with Gasteiger partial charge in [0, 0.05) is 12.1 Å². The second-order valence-electron chi connectivity index (χ2n) is 3.27. The number of H-pyrrole nitrogens is 1. The van der Waals surface area contributed by atoms with Gasteiger partial charge < -0.3 is 4.98 Å². The molecule has 2 nitrogen and oxygen atoms in total. The Morgan fingerprint density at radius 2 is 2.07 bits per heavy atom. The summed E-state index contributed by atoms with van der Waals surface area (Å²) in [6, 6.07) is 10.2. The number of allylic oxidation sites excluding steroid dienone is 1. The monoisotopic (exact) mass is 216 g/mol. The van der Waals surface area contributed by atoms with Crippen LogP contribution in [0.1, 0.15) is 17.2 Å². The van der Waals surface area contributed by atoms with Crippen molar-refractivity contribution in [3.63, 3.8) is 0 Å². The van der Waals surface area contributed by atoms with Crippen molar-refractivity contribution in [3.05, 3.63) is 60.4 Å². The lowest BCUT2D eigenvalue weighted by molar-refractivity contribution is 0.945. The number of hydrogen-bond acceptors (Lipinski definition) is 2. The van der Waals surface area contributed by atoms with Gasteiger partial charge in [-0.05, 0) is 5.56 Å². The second-order valence-corrected chi connectivity index (χ2v) is 3.70. The molecule has 0 amide bonds. The van der Waals surface area contributed by atoms with Crippen LogP contribution in [0.4, 0.5) is 0 Å². The van der Waals surface area contributed by atoms with Crippen LogP contribution in [0.15, 0.2) is 54.3 Å². The number of rotatable bonds is 3. The standard InChI is InChI=1S/C12H12N2S/c1-2-10(9-6-4-3-5-7-9)11-8-13-12(15)14-11/h2-8,10H,1H2,(H2,13,14,15). The van der Waals surface area contributed by atoms with Crippen molar-refractivity contribution in [3.8, 4) is 0 Å². The lowest BCUT2D eigenvalue weighted by atomic mass is 9.97. The van der Waals surface area contributed by atoms with Crippen molar-refractivity contribution in [2.45, 2.75) is 11.1 Å². The number of nitrogens with one attached hydrogen (secondary N) is 1. The van der Waals surface area contributed by atoms with E-state index in [2.05, 4.69) is 41.3 Å². The summed E-state index contributed by atoms with van der Waals surface area (Å²) in [4.78, 5) is 7.25. The molecule has 0 fully saturated rings. The molecular formula is C12H12N2S. The predicted molar refractivity (Wildman–Crippen MR) is 64.3 cm³/mol. The van der Waals surface area contributed by atoms with E-state index in [0.717, 1.165) is 5.69 Å². The lowest BCUT2D eigenvalue weighted by Crippen LogP contribution is -1.97. The summed E-state index contributed by atoms with van der Waals surface area (Å²) in [6.45, 7) is 3.84. The lowest BCUT2D eigenvalue weighted by Gasteiger charge is -2.09. The minimum atomic E-state index is 0.128. The summed E-state index contributed by atoms with van der Waals surface area (Å²) < 4.78 is 0. The number of hydrogen-bond donors (Lipinski definition) is 2. The van der Waals surface area contributed by atoms with E-state index < -0.39 is 0 Å². The zero-order chi connectivity index (χ0) is 10.7. The van der Waals surface area contributed by atoms with Crippen LogP contribution in [0.2, 0.25) is 0 Å². The van der Waals surface area contributed by atoms with Crippen molar-refractivity contribution < 1.29 is 0 Å². The average Bonchev–Trinajstić information content (AvgIpc) is 2.68. The van der Waals surface area contributed by atoms with Crippen LogP contribution in [0, 0.1) is 0 Å². The maximum Gasteiger partial charge on any atom is 0.162 e. The van der Waals surface area contributed by atoms with Gasteiger partial charge in [0.05, 0.1) is 5.69 Å². The Labute approximate surface area is 94.5 Å². The minimum absolute atomic E-state index is 0.128. The molecule has 0 aliphatic heterocycles. The molecule has 2 rings (SSSR count). The molecule has 0 bridgehead atoms. The van der Waals surface area contributed by atoms with E-state index in [4.69, 9.17) is 0 Å². The van der Waals surface area contributed by atoms with E-state index in [1.165, 1.54) is 5.56 Å². The highest BCUT2D eigenvalue weighted by Crippen LogP contribution is 2.24. The van der Waals surface area contributed by atoms with Crippen molar-refractivity contribution in [1.82, 2.24) is 9.97 Å². The smallest absolute Gasteiger partial charge is 0.162 e. The maximum absolute atomic E-state index is 4.30. The molecule has 0 saturated carbocycles. The molecule has 1 atom stereocenters. The largest absolute Gasteiger partial charge is 0.340 e. The normalized spacial score (nSPS) is 12.3. The molecule has 0 aliphatic carbocycles. The summed E-state index contributed by atoms with van der Waals surface area (Å²) >= 11 is 4.15. The van der Waals surface area contributed by atoms with Crippen LogP contribution in [0.5, 0.6) is 0 Å². The number of thiol groups is 1. The highest BCUT2D eigenvalue weighted by molar-refractivity contribution is 7.80. The van der Waals surface area contributed by atoms with Gasteiger partial charge in [0.15, 0.2) is 5.16 Å². The van der Waals surface area contributed by atoms with Crippen molar-refractivity contribution >= 4 is 12.6 Å². The number of aromatic amines is 1. The van der Waals surface area contributed by atoms with Crippen LogP contribution in [0.25, 0.3) is 0 Å². The van der Waals surface area contributed by atoms with Gasteiger partial charge in [-0.25, -0.2) is 4.98 Å². The van der Waals surface area contributed by atoms with Crippen molar-refractivity contribution in [2.75, 3.05) is 0 Å². The highest BCUT2D eigenvalue weighted by atomic mass is 32.1. The Morgan fingerprint density at radius 1 is 1.33 bits per heavy atom. The van der Waals surface area contributed by atoms with Gasteiger partial charge in [0.25, 0.3) is 0 Å². The van der Waals surface area contributed by atoms with E-state index in [1.807, 2.05) is 30.5 Å². The molecule has 1 N–H and O–H groups in total. The second kappa shape index (κ2) is 4.36. The Balaban J connectivity index is 2.37. The van der Waals surface area contributed by atoms with Crippen LogP contribution < -0.4 is 0 Å². The first-order chi connectivity index (χ1) is 7.31. The van der Waals surface area contributed by atoms with Gasteiger partial charge in [-0.2, -0.15) is 0 Å². The van der Waals surface area contributed by atoms with Crippen LogP contribution >= 0.6 is 12.6 Å². The molecular weight excluding hydrogens is 204 g/mol. The Hall–Kier alpha value is -1.48. The molecule has 0 spiro atoms. The highest BCUT2D eigenvalue weighted by Gasteiger charge is 2.12. The molecule has 0 radical (unpaired) electrons. The van der Waals surface area contributed by atoms with E-state index in [9.17, 15) is 0 Å². The summed E-state index contributed by atoms with van der Waals surface area (Å²) in [6.07, 6.45) is 3.75. The minimum Gasteiger partial charge on any atom is -0.340 e. The molecule has 1 aromatic carbocycles. The first-order valence-corrected chi connectivity index (χ1v) is 5.17. The number of imidazole rings is 1. The molecule has 76 valence electrons. The third-order valence-electron chi connectivity index (χ3n) is 2.30. The quantitative estimate of drug-likeness (QED) is 0.599. The third-order valence-corrected chi connectivity index (χ3v) is 2.53. The van der Waals surface area contributed by atoms with Gasteiger partial charge in [0.1, 0.15) is 0 Å². The molecule has 15 heavy (non-hydrogen) atoms. The van der Waals surface area contributed by atoms with Crippen molar-refractivity contribution in [1.29, 1.82) is 0 Å². The Morgan fingerprint density at radius 3 is 2.60 bits per heavy atom. The first kappa shape index (κ1) is 10.1. The fourth-order valence-corrected chi connectivity index (χ4v) is 1.75.